The summed E-state index contributed by atoms with van der Waals surface area (Å²) in [5.41, 5.74) is 1.92. The van der Waals surface area contributed by atoms with Gasteiger partial charge in [0.05, 0.1) is 0 Å². The van der Waals surface area contributed by atoms with Crippen LogP contribution in [0.15, 0.2) is 63.8 Å². The number of carbonyl (C=O) groups is 2. The van der Waals surface area contributed by atoms with Gasteiger partial charge in [0.2, 0.25) is 0 Å². The molecular formula is C23H23NO5. The van der Waals surface area contributed by atoms with E-state index in [1.54, 1.807) is 30.3 Å². The monoisotopic (exact) mass is 393 g/mol. The van der Waals surface area contributed by atoms with E-state index >= 15 is 0 Å². The quantitative estimate of drug-likeness (QED) is 0.511. The first kappa shape index (κ1) is 20.3. The summed E-state index contributed by atoms with van der Waals surface area (Å²) in [4.78, 5) is 36.9. The lowest BCUT2D eigenvalue weighted by Gasteiger charge is -2.21. The van der Waals surface area contributed by atoms with E-state index in [0.717, 1.165) is 5.56 Å². The Morgan fingerprint density at radius 2 is 1.79 bits per heavy atom. The summed E-state index contributed by atoms with van der Waals surface area (Å²) in [5, 5.41) is 3.44. The molecule has 1 N–H and O–H groups in total. The molecule has 0 saturated heterocycles. The van der Waals surface area contributed by atoms with Gasteiger partial charge in [-0.05, 0) is 36.6 Å². The van der Waals surface area contributed by atoms with Crippen molar-refractivity contribution < 1.29 is 18.7 Å². The van der Waals surface area contributed by atoms with Gasteiger partial charge in [-0.1, -0.05) is 44.2 Å². The number of amides is 1. The summed E-state index contributed by atoms with van der Waals surface area (Å²) >= 11 is 0. The molecular weight excluding hydrogens is 370 g/mol. The molecule has 2 aromatic carbocycles. The maximum atomic E-state index is 12.7. The number of nitrogens with one attached hydrogen (secondary N) is 1. The molecule has 0 aliphatic heterocycles. The highest BCUT2D eigenvalue weighted by atomic mass is 16.5. The molecule has 0 fully saturated rings. The Balaban J connectivity index is 1.75. The summed E-state index contributed by atoms with van der Waals surface area (Å²) in [7, 11) is 0. The number of hydrogen-bond acceptors (Lipinski definition) is 5. The number of benzene rings is 2. The van der Waals surface area contributed by atoms with E-state index < -0.39 is 17.6 Å². The number of ether oxygens (including phenoxy) is 1. The fraction of sp³-hybridized carbons (Fsp3) is 0.261. The van der Waals surface area contributed by atoms with Crippen LogP contribution in [0.5, 0.6) is 0 Å². The third-order valence-corrected chi connectivity index (χ3v) is 4.60. The smallest absolute Gasteiger partial charge is 0.336 e. The molecule has 1 atom stereocenters. The van der Waals surface area contributed by atoms with Crippen LogP contribution in [0, 0.1) is 12.8 Å². The Bertz CT molecular complexity index is 1090. The predicted molar refractivity (Wildman–Crippen MR) is 110 cm³/mol. The van der Waals surface area contributed by atoms with Crippen molar-refractivity contribution in [3.05, 3.63) is 81.7 Å². The normalized spacial score (nSPS) is 12.0. The van der Waals surface area contributed by atoms with Crippen molar-refractivity contribution in [3.8, 4) is 0 Å². The van der Waals surface area contributed by atoms with Crippen LogP contribution in [0.3, 0.4) is 0 Å². The fourth-order valence-corrected chi connectivity index (χ4v) is 3.01. The molecule has 1 aromatic heterocycles. The second kappa shape index (κ2) is 8.73. The summed E-state index contributed by atoms with van der Waals surface area (Å²) < 4.78 is 10.7. The van der Waals surface area contributed by atoms with Gasteiger partial charge in [-0.25, -0.2) is 9.59 Å². The largest absolute Gasteiger partial charge is 0.459 e. The molecule has 150 valence electrons. The Hall–Kier alpha value is -3.41. The minimum atomic E-state index is -0.809. The van der Waals surface area contributed by atoms with Gasteiger partial charge in [0.15, 0.2) is 0 Å². The van der Waals surface area contributed by atoms with Crippen LogP contribution in [0.25, 0.3) is 11.0 Å². The molecule has 6 nitrogen and oxygen atoms in total. The molecule has 0 radical (unpaired) electrons. The first-order valence-electron chi connectivity index (χ1n) is 9.41. The first-order chi connectivity index (χ1) is 13.8. The predicted octanol–water partition coefficient (Wildman–Crippen LogP) is 3.60. The molecule has 3 aromatic rings. The number of esters is 1. The van der Waals surface area contributed by atoms with E-state index in [-0.39, 0.29) is 18.4 Å². The summed E-state index contributed by atoms with van der Waals surface area (Å²) in [6, 6.07) is 14.7. The van der Waals surface area contributed by atoms with Crippen LogP contribution in [-0.4, -0.2) is 17.9 Å². The van der Waals surface area contributed by atoms with Gasteiger partial charge in [0, 0.05) is 22.6 Å². The van der Waals surface area contributed by atoms with Crippen LogP contribution in [-0.2, 0) is 16.1 Å². The Labute approximate surface area is 168 Å². The van der Waals surface area contributed by atoms with Crippen LogP contribution in [0.4, 0.5) is 0 Å². The molecule has 0 saturated carbocycles. The second-order valence-corrected chi connectivity index (χ2v) is 7.26. The van der Waals surface area contributed by atoms with Crippen LogP contribution in [0.1, 0.15) is 35.3 Å². The van der Waals surface area contributed by atoms with Crippen LogP contribution in [0.2, 0.25) is 0 Å². The maximum Gasteiger partial charge on any atom is 0.336 e. The highest BCUT2D eigenvalue weighted by Gasteiger charge is 2.26. The van der Waals surface area contributed by atoms with E-state index in [0.29, 0.717) is 22.1 Å². The van der Waals surface area contributed by atoms with Crippen molar-refractivity contribution in [2.24, 2.45) is 5.92 Å². The lowest BCUT2D eigenvalue weighted by molar-refractivity contribution is -0.148. The molecule has 0 spiro atoms. The summed E-state index contributed by atoms with van der Waals surface area (Å²) in [5.74, 6) is -1.07. The van der Waals surface area contributed by atoms with Crippen molar-refractivity contribution in [1.29, 1.82) is 0 Å². The lowest BCUT2D eigenvalue weighted by atomic mass is 10.0. The van der Waals surface area contributed by atoms with Gasteiger partial charge >= 0.3 is 11.6 Å². The molecule has 1 heterocycles. The maximum absolute atomic E-state index is 12.7. The van der Waals surface area contributed by atoms with Crippen molar-refractivity contribution in [2.75, 3.05) is 0 Å². The summed E-state index contributed by atoms with van der Waals surface area (Å²) in [6.45, 7) is 5.46. The topological polar surface area (TPSA) is 85.6 Å². The van der Waals surface area contributed by atoms with E-state index in [4.69, 9.17) is 9.15 Å². The van der Waals surface area contributed by atoms with Crippen molar-refractivity contribution in [2.45, 2.75) is 33.4 Å². The molecule has 29 heavy (non-hydrogen) atoms. The molecule has 0 aliphatic carbocycles. The minimum Gasteiger partial charge on any atom is -0.459 e. The average Bonchev–Trinajstić information content (AvgIpc) is 2.69. The zero-order chi connectivity index (χ0) is 21.0. The number of carbonyl (C=O) groups excluding carboxylic acids is 2. The third kappa shape index (κ3) is 4.90. The highest BCUT2D eigenvalue weighted by Crippen LogP contribution is 2.19. The number of aryl methyl sites for hydroxylation is 1. The molecule has 0 aliphatic rings. The van der Waals surface area contributed by atoms with Gasteiger partial charge in [0.25, 0.3) is 5.91 Å². The second-order valence-electron chi connectivity index (χ2n) is 7.26. The van der Waals surface area contributed by atoms with E-state index in [1.165, 1.54) is 6.07 Å². The van der Waals surface area contributed by atoms with Gasteiger partial charge in [-0.15, -0.1) is 0 Å². The zero-order valence-electron chi connectivity index (χ0n) is 16.6. The number of fused-ring (bicyclic) bond motifs is 1. The number of rotatable bonds is 6. The van der Waals surface area contributed by atoms with E-state index in [2.05, 4.69) is 5.32 Å². The van der Waals surface area contributed by atoms with Crippen molar-refractivity contribution in [1.82, 2.24) is 5.32 Å². The first-order valence-corrected chi connectivity index (χ1v) is 9.41. The standard InChI is InChI=1S/C23H23NO5/c1-14(2)21(24-22(26)16-7-5-4-6-8-16)23(27)28-13-17-12-20(25)29-19-11-15(3)9-10-18(17)19/h4-12,14,21H,13H2,1-3H3,(H,24,26)/t21-/m0/s1. The van der Waals surface area contributed by atoms with E-state index in [9.17, 15) is 14.4 Å². The zero-order valence-corrected chi connectivity index (χ0v) is 16.6. The van der Waals surface area contributed by atoms with Gasteiger partial charge in [0.1, 0.15) is 18.2 Å². The van der Waals surface area contributed by atoms with Crippen LogP contribution < -0.4 is 10.9 Å². The van der Waals surface area contributed by atoms with Gasteiger partial charge < -0.3 is 14.5 Å². The van der Waals surface area contributed by atoms with Gasteiger partial charge in [-0.3, -0.25) is 4.79 Å². The lowest BCUT2D eigenvalue weighted by Crippen LogP contribution is -2.45. The van der Waals surface area contributed by atoms with Crippen molar-refractivity contribution in [3.63, 3.8) is 0 Å². The van der Waals surface area contributed by atoms with Gasteiger partial charge in [-0.2, -0.15) is 0 Å². The molecule has 3 rings (SSSR count). The van der Waals surface area contributed by atoms with Crippen LogP contribution >= 0.6 is 0 Å². The molecule has 0 unspecified atom stereocenters. The third-order valence-electron chi connectivity index (χ3n) is 4.60. The Morgan fingerprint density at radius 1 is 1.07 bits per heavy atom. The molecule has 6 heteroatoms. The minimum absolute atomic E-state index is 0.0889. The van der Waals surface area contributed by atoms with E-state index in [1.807, 2.05) is 39.0 Å². The Kier molecular flexibility index (Phi) is 6.12. The SMILES string of the molecule is Cc1ccc2c(COC(=O)[C@@H](NC(=O)c3ccccc3)C(C)C)cc(=O)oc2c1. The fourth-order valence-electron chi connectivity index (χ4n) is 3.01. The Morgan fingerprint density at radius 3 is 2.48 bits per heavy atom. The summed E-state index contributed by atoms with van der Waals surface area (Å²) in [6.07, 6.45) is 0. The molecule has 1 amide bonds. The highest BCUT2D eigenvalue weighted by molar-refractivity contribution is 5.96. The number of hydrogen-bond donors (Lipinski definition) is 1. The molecule has 0 bridgehead atoms. The van der Waals surface area contributed by atoms with Crippen molar-refractivity contribution >= 4 is 22.8 Å². The average molecular weight is 393 g/mol.